The van der Waals surface area contributed by atoms with Gasteiger partial charge in [0.2, 0.25) is 0 Å². The number of hydrogen-bond donors (Lipinski definition) is 3. The summed E-state index contributed by atoms with van der Waals surface area (Å²) >= 11 is 0. The molecular weight excluding hydrogens is 357 g/mol. The van der Waals surface area contributed by atoms with E-state index in [-0.39, 0.29) is 11.4 Å². The van der Waals surface area contributed by atoms with E-state index in [9.17, 15) is 19.0 Å². The first-order chi connectivity index (χ1) is 12.6. The van der Waals surface area contributed by atoms with Crippen molar-refractivity contribution in [3.05, 3.63) is 76.3 Å². The Morgan fingerprint density at radius 2 is 1.96 bits per heavy atom. The second-order valence-corrected chi connectivity index (χ2v) is 6.29. The molecule has 3 aromatic rings. The summed E-state index contributed by atoms with van der Waals surface area (Å²) in [6, 6.07) is 11.5. The molecule has 10 heteroatoms. The van der Waals surface area contributed by atoms with Crippen molar-refractivity contribution >= 4 is 13.9 Å². The Kier molecular flexibility index (Phi) is 5.21. The van der Waals surface area contributed by atoms with E-state index < -0.39 is 25.3 Å². The van der Waals surface area contributed by atoms with E-state index in [1.165, 1.54) is 6.20 Å². The molecule has 0 spiro atoms. The lowest BCUT2D eigenvalue weighted by Gasteiger charge is -2.08. The third-order valence-electron chi connectivity index (χ3n) is 3.46. The summed E-state index contributed by atoms with van der Waals surface area (Å²) in [5.41, 5.74) is -0.185. The summed E-state index contributed by atoms with van der Waals surface area (Å²) in [7, 11) is -2.75. The summed E-state index contributed by atoms with van der Waals surface area (Å²) < 4.78 is 11.6. The van der Waals surface area contributed by atoms with Crippen molar-refractivity contribution in [3.8, 4) is 11.5 Å². The van der Waals surface area contributed by atoms with Crippen molar-refractivity contribution in [2.75, 3.05) is 0 Å². The molecule has 1 amide bonds. The summed E-state index contributed by atoms with van der Waals surface area (Å²) in [5.74, 6) is -1.79. The molecule has 0 fully saturated rings. The standard InChI is InChI=1S/C16H12N5O4P/c22-14-11(9-17-13(19-14)12-7-4-8-18-21-12)15(23)20-16(26(24)25)10-5-2-1-3-6-10/h1-9,16H,(H2-,17,19,20,22,23,24,25)/p+1. The van der Waals surface area contributed by atoms with E-state index in [1.54, 1.807) is 42.5 Å². The Bertz CT molecular complexity index is 994. The maximum Gasteiger partial charge on any atom is 0.535 e. The van der Waals surface area contributed by atoms with Gasteiger partial charge in [-0.1, -0.05) is 30.3 Å². The summed E-state index contributed by atoms with van der Waals surface area (Å²) in [6.07, 6.45) is 2.56. The second-order valence-electron chi connectivity index (χ2n) is 5.17. The average Bonchev–Trinajstić information content (AvgIpc) is 2.67. The van der Waals surface area contributed by atoms with Gasteiger partial charge in [-0.05, 0) is 16.7 Å². The predicted octanol–water partition coefficient (Wildman–Crippen LogP) is 1.39. The zero-order valence-electron chi connectivity index (χ0n) is 13.2. The van der Waals surface area contributed by atoms with Crippen LogP contribution < -0.4 is 10.9 Å². The molecule has 2 atom stereocenters. The SMILES string of the molecule is O=C(NC(c1ccccc1)[P+](=O)O)c1cnc(-c2cccnn2)[nH]c1=O. The smallest absolute Gasteiger partial charge is 0.304 e. The number of benzene rings is 1. The number of H-pyrrole nitrogens is 1. The molecule has 0 saturated heterocycles. The van der Waals surface area contributed by atoms with E-state index in [4.69, 9.17) is 0 Å². The molecule has 9 nitrogen and oxygen atoms in total. The number of carbonyl (C=O) groups is 1. The van der Waals surface area contributed by atoms with E-state index in [2.05, 4.69) is 25.5 Å². The van der Waals surface area contributed by atoms with Gasteiger partial charge in [-0.2, -0.15) is 9.99 Å². The lowest BCUT2D eigenvalue weighted by atomic mass is 10.2. The highest BCUT2D eigenvalue weighted by Gasteiger charge is 2.33. The number of nitrogens with one attached hydrogen (secondary N) is 2. The highest BCUT2D eigenvalue weighted by atomic mass is 31.1. The second kappa shape index (κ2) is 7.73. The van der Waals surface area contributed by atoms with Crippen LogP contribution in [0.2, 0.25) is 0 Å². The van der Waals surface area contributed by atoms with Gasteiger partial charge in [0.15, 0.2) is 5.82 Å². The Morgan fingerprint density at radius 3 is 2.58 bits per heavy atom. The monoisotopic (exact) mass is 370 g/mol. The quantitative estimate of drug-likeness (QED) is 0.577. The zero-order chi connectivity index (χ0) is 18.5. The highest BCUT2D eigenvalue weighted by Crippen LogP contribution is 2.34. The van der Waals surface area contributed by atoms with Crippen LogP contribution in [0.25, 0.3) is 11.5 Å². The Labute approximate surface area is 148 Å². The molecule has 26 heavy (non-hydrogen) atoms. The molecule has 0 aliphatic carbocycles. The van der Waals surface area contributed by atoms with Gasteiger partial charge in [0.25, 0.3) is 17.2 Å². The first kappa shape index (κ1) is 17.5. The fourth-order valence-electron chi connectivity index (χ4n) is 2.22. The van der Waals surface area contributed by atoms with Crippen LogP contribution in [-0.4, -0.2) is 31.0 Å². The normalized spacial score (nSPS) is 12.3. The van der Waals surface area contributed by atoms with E-state index >= 15 is 0 Å². The van der Waals surface area contributed by atoms with Crippen molar-refractivity contribution in [1.29, 1.82) is 0 Å². The van der Waals surface area contributed by atoms with Crippen molar-refractivity contribution < 1.29 is 14.3 Å². The fraction of sp³-hybridized carbons (Fsp3) is 0.0625. The van der Waals surface area contributed by atoms with Gasteiger partial charge in [-0.15, -0.1) is 5.10 Å². The minimum absolute atomic E-state index is 0.160. The molecule has 2 unspecified atom stereocenters. The predicted molar refractivity (Wildman–Crippen MR) is 92.4 cm³/mol. The van der Waals surface area contributed by atoms with Crippen LogP contribution in [0.5, 0.6) is 0 Å². The number of rotatable bonds is 5. The maximum absolute atomic E-state index is 12.4. The molecule has 0 radical (unpaired) electrons. The molecule has 0 bridgehead atoms. The molecule has 1 aromatic carbocycles. The molecular formula is C16H13N5O4P+. The Morgan fingerprint density at radius 1 is 1.19 bits per heavy atom. The molecule has 0 aliphatic heterocycles. The molecule has 130 valence electrons. The zero-order valence-corrected chi connectivity index (χ0v) is 14.1. The highest BCUT2D eigenvalue weighted by molar-refractivity contribution is 7.38. The fourth-order valence-corrected chi connectivity index (χ4v) is 2.87. The van der Waals surface area contributed by atoms with Gasteiger partial charge in [-0.3, -0.25) is 9.59 Å². The number of hydrogen-bond acceptors (Lipinski definition) is 6. The summed E-state index contributed by atoms with van der Waals surface area (Å²) in [6.45, 7) is 0. The topological polar surface area (TPSA) is 138 Å². The lowest BCUT2D eigenvalue weighted by Crippen LogP contribution is -2.32. The van der Waals surface area contributed by atoms with Crippen LogP contribution in [0.4, 0.5) is 0 Å². The third-order valence-corrected chi connectivity index (χ3v) is 4.33. The maximum atomic E-state index is 12.4. The largest absolute Gasteiger partial charge is 0.535 e. The van der Waals surface area contributed by atoms with Crippen LogP contribution in [-0.2, 0) is 4.57 Å². The molecule has 3 rings (SSSR count). The minimum atomic E-state index is -2.75. The minimum Gasteiger partial charge on any atom is -0.304 e. The van der Waals surface area contributed by atoms with Crippen molar-refractivity contribution in [3.63, 3.8) is 0 Å². The average molecular weight is 370 g/mol. The number of nitrogens with zero attached hydrogens (tertiary/aromatic N) is 3. The van der Waals surface area contributed by atoms with Gasteiger partial charge >= 0.3 is 8.03 Å². The Balaban J connectivity index is 1.86. The van der Waals surface area contributed by atoms with Gasteiger partial charge in [0.1, 0.15) is 11.3 Å². The van der Waals surface area contributed by atoms with Gasteiger partial charge < -0.3 is 10.3 Å². The van der Waals surface area contributed by atoms with Gasteiger partial charge in [0, 0.05) is 18.0 Å². The van der Waals surface area contributed by atoms with Gasteiger partial charge in [0.05, 0.1) is 0 Å². The Hall–Kier alpha value is -3.29. The van der Waals surface area contributed by atoms with Crippen LogP contribution >= 0.6 is 8.03 Å². The number of aromatic amines is 1. The third kappa shape index (κ3) is 3.85. The summed E-state index contributed by atoms with van der Waals surface area (Å²) in [5, 5.41) is 9.90. The van der Waals surface area contributed by atoms with Crippen molar-refractivity contribution in [2.24, 2.45) is 0 Å². The number of aromatic nitrogens is 4. The molecule has 2 heterocycles. The first-order valence-corrected chi connectivity index (χ1v) is 8.73. The van der Waals surface area contributed by atoms with Crippen LogP contribution in [0.15, 0.2) is 59.7 Å². The number of carbonyl (C=O) groups excluding carboxylic acids is 1. The lowest BCUT2D eigenvalue weighted by molar-refractivity contribution is 0.0945. The van der Waals surface area contributed by atoms with Crippen LogP contribution in [0.1, 0.15) is 21.7 Å². The summed E-state index contributed by atoms with van der Waals surface area (Å²) in [4.78, 5) is 40.5. The van der Waals surface area contributed by atoms with Gasteiger partial charge in [-0.25, -0.2) is 4.98 Å². The van der Waals surface area contributed by atoms with Crippen molar-refractivity contribution in [1.82, 2.24) is 25.5 Å². The molecule has 2 aromatic heterocycles. The molecule has 0 aliphatic rings. The van der Waals surface area contributed by atoms with E-state index in [0.717, 1.165) is 6.20 Å². The number of amides is 1. The van der Waals surface area contributed by atoms with Crippen LogP contribution in [0.3, 0.4) is 0 Å². The molecule has 3 N–H and O–H groups in total. The molecule has 0 saturated carbocycles. The van der Waals surface area contributed by atoms with E-state index in [0.29, 0.717) is 11.3 Å². The van der Waals surface area contributed by atoms with E-state index in [1.807, 2.05) is 0 Å². The first-order valence-electron chi connectivity index (χ1n) is 7.44. The van der Waals surface area contributed by atoms with Crippen molar-refractivity contribution in [2.45, 2.75) is 5.78 Å². The van der Waals surface area contributed by atoms with Crippen LogP contribution in [0, 0.1) is 0 Å².